The zero-order chi connectivity index (χ0) is 22.2. The molecule has 3 rings (SSSR count). The lowest BCUT2D eigenvalue weighted by molar-refractivity contribution is 0.297. The van der Waals surface area contributed by atoms with Crippen LogP contribution in [0.4, 0.5) is 10.1 Å². The lowest BCUT2D eigenvalue weighted by Gasteiger charge is -2.27. The summed E-state index contributed by atoms with van der Waals surface area (Å²) in [4.78, 5) is 0. The van der Waals surface area contributed by atoms with Crippen molar-refractivity contribution in [3.05, 3.63) is 64.6 Å². The quantitative estimate of drug-likeness (QED) is 0.509. The third-order valence-corrected chi connectivity index (χ3v) is 5.30. The Bertz CT molecular complexity index is 974. The van der Waals surface area contributed by atoms with Crippen LogP contribution in [0.2, 0.25) is 0 Å². The molecule has 0 aliphatic carbocycles. The summed E-state index contributed by atoms with van der Waals surface area (Å²) in [6, 6.07) is 10.4. The maximum absolute atomic E-state index is 14.0. The highest BCUT2D eigenvalue weighted by molar-refractivity contribution is 5.51. The van der Waals surface area contributed by atoms with Crippen LogP contribution in [-0.4, -0.2) is 24.7 Å². The van der Waals surface area contributed by atoms with E-state index in [0.717, 1.165) is 37.1 Å². The number of nitrogens with one attached hydrogen (secondary N) is 3. The SMILES string of the molecule is CC/C=C1\CCC(NCc2cc(O)c(F)cc2OCc2cc(C#N)cc(NC)c2)CN1. The van der Waals surface area contributed by atoms with E-state index in [-0.39, 0.29) is 12.6 Å². The van der Waals surface area contributed by atoms with Gasteiger partial charge in [-0.1, -0.05) is 13.0 Å². The number of nitriles is 1. The average Bonchev–Trinajstić information content (AvgIpc) is 2.79. The largest absolute Gasteiger partial charge is 0.505 e. The monoisotopic (exact) mass is 424 g/mol. The van der Waals surface area contributed by atoms with Gasteiger partial charge in [-0.05, 0) is 49.1 Å². The van der Waals surface area contributed by atoms with Crippen molar-refractivity contribution in [1.29, 1.82) is 5.26 Å². The first-order valence-corrected chi connectivity index (χ1v) is 10.5. The van der Waals surface area contributed by atoms with Gasteiger partial charge in [-0.25, -0.2) is 4.39 Å². The average molecular weight is 425 g/mol. The fraction of sp³-hybridized carbons (Fsp3) is 0.375. The molecule has 0 spiro atoms. The molecule has 2 aromatic carbocycles. The summed E-state index contributed by atoms with van der Waals surface area (Å²) >= 11 is 0. The van der Waals surface area contributed by atoms with Crippen molar-refractivity contribution >= 4 is 5.69 Å². The molecule has 1 atom stereocenters. The van der Waals surface area contributed by atoms with Crippen molar-refractivity contribution < 1.29 is 14.2 Å². The number of hydrogen-bond donors (Lipinski definition) is 4. The molecule has 1 aliphatic heterocycles. The van der Waals surface area contributed by atoms with E-state index in [1.54, 1.807) is 19.2 Å². The molecule has 1 unspecified atom stereocenters. The Labute approximate surface area is 182 Å². The molecule has 164 valence electrons. The topological polar surface area (TPSA) is 89.3 Å². The molecule has 0 saturated carbocycles. The van der Waals surface area contributed by atoms with E-state index >= 15 is 0 Å². The molecule has 1 fully saturated rings. The van der Waals surface area contributed by atoms with Crippen LogP contribution in [0.1, 0.15) is 42.9 Å². The highest BCUT2D eigenvalue weighted by Gasteiger charge is 2.17. The standard InChI is InChI=1S/C24H29FN4O2/c1-3-4-19-5-6-20(14-29-19)28-13-18-10-23(30)22(25)11-24(18)31-15-17-7-16(12-26)8-21(9-17)27-2/h4,7-11,20,27-30H,3,5-6,13-15H2,1-2H3/b19-4+. The van der Waals surface area contributed by atoms with Gasteiger partial charge in [0.15, 0.2) is 11.6 Å². The Morgan fingerprint density at radius 3 is 2.84 bits per heavy atom. The van der Waals surface area contributed by atoms with Gasteiger partial charge in [0.25, 0.3) is 0 Å². The summed E-state index contributed by atoms with van der Waals surface area (Å²) in [6.45, 7) is 3.57. The van der Waals surface area contributed by atoms with Crippen LogP contribution in [0.3, 0.4) is 0 Å². The van der Waals surface area contributed by atoms with E-state index < -0.39 is 11.6 Å². The molecule has 0 bridgehead atoms. The number of piperidine rings is 1. The second-order valence-corrected chi connectivity index (χ2v) is 7.62. The van der Waals surface area contributed by atoms with Crippen LogP contribution in [0.25, 0.3) is 0 Å². The Kier molecular flexibility index (Phi) is 7.74. The van der Waals surface area contributed by atoms with Gasteiger partial charge >= 0.3 is 0 Å². The second kappa shape index (κ2) is 10.7. The molecule has 1 heterocycles. The zero-order valence-electron chi connectivity index (χ0n) is 18.0. The fourth-order valence-electron chi connectivity index (χ4n) is 3.63. The predicted octanol–water partition coefficient (Wildman–Crippen LogP) is 4.16. The number of rotatable bonds is 8. The maximum Gasteiger partial charge on any atom is 0.168 e. The molecule has 0 aromatic heterocycles. The maximum atomic E-state index is 14.0. The lowest BCUT2D eigenvalue weighted by atomic mass is 10.0. The molecule has 2 aromatic rings. The van der Waals surface area contributed by atoms with Gasteiger partial charge in [0.05, 0.1) is 11.6 Å². The van der Waals surface area contributed by atoms with Crippen LogP contribution < -0.4 is 20.7 Å². The third-order valence-electron chi connectivity index (χ3n) is 5.30. The fourth-order valence-corrected chi connectivity index (χ4v) is 3.63. The summed E-state index contributed by atoms with van der Waals surface area (Å²) in [7, 11) is 1.78. The van der Waals surface area contributed by atoms with Crippen LogP contribution in [-0.2, 0) is 13.2 Å². The number of allylic oxidation sites excluding steroid dienone is 2. The molecule has 0 radical (unpaired) electrons. The summed E-state index contributed by atoms with van der Waals surface area (Å²) in [6.07, 6.45) is 5.23. The van der Waals surface area contributed by atoms with Gasteiger partial charge in [0.2, 0.25) is 0 Å². The lowest BCUT2D eigenvalue weighted by Crippen LogP contribution is -2.41. The predicted molar refractivity (Wildman–Crippen MR) is 119 cm³/mol. The minimum absolute atomic E-state index is 0.178. The summed E-state index contributed by atoms with van der Waals surface area (Å²) in [5, 5.41) is 29.0. The number of phenols is 1. The van der Waals surface area contributed by atoms with Crippen molar-refractivity contribution in [2.24, 2.45) is 0 Å². The normalized spacial score (nSPS) is 17.1. The Morgan fingerprint density at radius 1 is 1.32 bits per heavy atom. The highest BCUT2D eigenvalue weighted by Crippen LogP contribution is 2.28. The highest BCUT2D eigenvalue weighted by atomic mass is 19.1. The van der Waals surface area contributed by atoms with E-state index in [0.29, 0.717) is 23.4 Å². The number of phenolic OH excluding ortho intramolecular Hbond substituents is 1. The van der Waals surface area contributed by atoms with Gasteiger partial charge in [0, 0.05) is 49.2 Å². The Balaban J connectivity index is 1.68. The Morgan fingerprint density at radius 2 is 2.16 bits per heavy atom. The molecular weight excluding hydrogens is 395 g/mol. The van der Waals surface area contributed by atoms with E-state index in [1.165, 1.54) is 17.8 Å². The molecule has 1 aliphatic rings. The van der Waals surface area contributed by atoms with Crippen LogP contribution in [0.5, 0.6) is 11.5 Å². The number of nitrogens with zero attached hydrogens (tertiary/aromatic N) is 1. The van der Waals surface area contributed by atoms with E-state index in [4.69, 9.17) is 4.74 Å². The molecule has 7 heteroatoms. The molecule has 1 saturated heterocycles. The van der Waals surface area contributed by atoms with Gasteiger partial charge in [0.1, 0.15) is 12.4 Å². The van der Waals surface area contributed by atoms with E-state index in [1.807, 2.05) is 6.07 Å². The number of hydrogen-bond acceptors (Lipinski definition) is 6. The van der Waals surface area contributed by atoms with Crippen molar-refractivity contribution in [2.75, 3.05) is 18.9 Å². The third kappa shape index (κ3) is 6.12. The van der Waals surface area contributed by atoms with Crippen LogP contribution >= 0.6 is 0 Å². The summed E-state index contributed by atoms with van der Waals surface area (Å²) < 4.78 is 19.9. The van der Waals surface area contributed by atoms with Crippen LogP contribution in [0.15, 0.2) is 42.1 Å². The summed E-state index contributed by atoms with van der Waals surface area (Å²) in [5.74, 6) is -0.761. The second-order valence-electron chi connectivity index (χ2n) is 7.62. The van der Waals surface area contributed by atoms with E-state index in [2.05, 4.69) is 35.0 Å². The smallest absolute Gasteiger partial charge is 0.168 e. The molecule has 0 amide bonds. The van der Waals surface area contributed by atoms with E-state index in [9.17, 15) is 14.8 Å². The van der Waals surface area contributed by atoms with Gasteiger partial charge in [-0.3, -0.25) is 0 Å². The number of halogens is 1. The van der Waals surface area contributed by atoms with Crippen molar-refractivity contribution in [1.82, 2.24) is 10.6 Å². The van der Waals surface area contributed by atoms with Crippen molar-refractivity contribution in [2.45, 2.75) is 45.4 Å². The van der Waals surface area contributed by atoms with Crippen molar-refractivity contribution in [3.8, 4) is 17.6 Å². The summed E-state index contributed by atoms with van der Waals surface area (Å²) in [5.41, 5.74) is 4.08. The molecule has 4 N–H and O–H groups in total. The number of benzene rings is 2. The minimum Gasteiger partial charge on any atom is -0.505 e. The molecular formula is C24H29FN4O2. The first-order chi connectivity index (χ1) is 15.0. The minimum atomic E-state index is -0.728. The van der Waals surface area contributed by atoms with Crippen LogP contribution in [0, 0.1) is 17.1 Å². The zero-order valence-corrected chi connectivity index (χ0v) is 18.0. The van der Waals surface area contributed by atoms with Crippen molar-refractivity contribution in [3.63, 3.8) is 0 Å². The van der Waals surface area contributed by atoms with Gasteiger partial charge < -0.3 is 25.8 Å². The molecule has 31 heavy (non-hydrogen) atoms. The number of anilines is 1. The van der Waals surface area contributed by atoms with Gasteiger partial charge in [-0.2, -0.15) is 5.26 Å². The first-order valence-electron chi connectivity index (χ1n) is 10.5. The Hall–Kier alpha value is -3.24. The first kappa shape index (κ1) is 22.4. The van der Waals surface area contributed by atoms with Gasteiger partial charge in [-0.15, -0.1) is 0 Å². The molecule has 6 nitrogen and oxygen atoms in total. The number of ether oxygens (including phenoxy) is 1. The number of aromatic hydroxyl groups is 1.